The van der Waals surface area contributed by atoms with Gasteiger partial charge in [-0.3, -0.25) is 10.1 Å². The van der Waals surface area contributed by atoms with Crippen molar-refractivity contribution in [3.63, 3.8) is 0 Å². The van der Waals surface area contributed by atoms with Crippen LogP contribution in [0.15, 0.2) is 18.2 Å². The molecule has 2 rings (SSSR count). The number of nitro benzene ring substituents is 1. The van der Waals surface area contributed by atoms with Gasteiger partial charge in [-0.15, -0.1) is 0 Å². The molecule has 0 bridgehead atoms. The Bertz CT molecular complexity index is 516. The third kappa shape index (κ3) is 4.07. The van der Waals surface area contributed by atoms with Crippen molar-refractivity contribution in [3.05, 3.63) is 28.3 Å². The van der Waals surface area contributed by atoms with E-state index in [1.54, 1.807) is 6.07 Å². The minimum atomic E-state index is -0.655. The molecule has 0 radical (unpaired) electrons. The Labute approximate surface area is 124 Å². The molecule has 1 fully saturated rings. The minimum absolute atomic E-state index is 0.0342. The Morgan fingerprint density at radius 3 is 2.81 bits per heavy atom. The molecule has 1 saturated heterocycles. The van der Waals surface area contributed by atoms with Crippen LogP contribution in [0.3, 0.4) is 0 Å². The lowest BCUT2D eigenvalue weighted by molar-refractivity contribution is -0.384. The highest BCUT2D eigenvalue weighted by atomic mass is 16.6. The van der Waals surface area contributed by atoms with E-state index in [1.165, 1.54) is 6.07 Å². The Morgan fingerprint density at radius 2 is 2.14 bits per heavy atom. The summed E-state index contributed by atoms with van der Waals surface area (Å²) in [5.41, 5.74) is 0.162. The molecule has 0 aliphatic carbocycles. The van der Waals surface area contributed by atoms with E-state index in [0.717, 1.165) is 25.1 Å². The molecule has 0 spiro atoms. The van der Waals surface area contributed by atoms with Crippen LogP contribution in [-0.2, 0) is 0 Å². The number of nitro groups is 1. The standard InChI is InChI=1S/C15H22N2O4/c1-3-21-14-10-12(9-13(11-14)17(19)20)16-7-4-5-15(2,18)6-8-16/h9-11,18H,3-8H2,1-2H3. The quantitative estimate of drug-likeness (QED) is 0.682. The first-order chi connectivity index (χ1) is 9.91. The molecule has 0 saturated carbocycles. The maximum atomic E-state index is 11.1. The van der Waals surface area contributed by atoms with Gasteiger partial charge in [0.2, 0.25) is 0 Å². The first-order valence-electron chi connectivity index (χ1n) is 7.31. The Hall–Kier alpha value is -1.82. The van der Waals surface area contributed by atoms with Crippen LogP contribution in [0.2, 0.25) is 0 Å². The first kappa shape index (κ1) is 15.6. The van der Waals surface area contributed by atoms with Gasteiger partial charge < -0.3 is 14.7 Å². The van der Waals surface area contributed by atoms with E-state index in [4.69, 9.17) is 4.74 Å². The van der Waals surface area contributed by atoms with Crippen LogP contribution < -0.4 is 9.64 Å². The Morgan fingerprint density at radius 1 is 1.38 bits per heavy atom. The van der Waals surface area contributed by atoms with Crippen molar-refractivity contribution < 1.29 is 14.8 Å². The van der Waals surface area contributed by atoms with Crippen LogP contribution >= 0.6 is 0 Å². The van der Waals surface area contributed by atoms with Gasteiger partial charge in [-0.1, -0.05) is 0 Å². The van der Waals surface area contributed by atoms with E-state index in [1.807, 2.05) is 19.9 Å². The smallest absolute Gasteiger partial charge is 0.275 e. The van der Waals surface area contributed by atoms with E-state index in [9.17, 15) is 15.2 Å². The molecule has 1 unspecified atom stereocenters. The number of ether oxygens (including phenoxy) is 1. The third-order valence-electron chi connectivity index (χ3n) is 3.83. The van der Waals surface area contributed by atoms with Crippen molar-refractivity contribution in [1.82, 2.24) is 0 Å². The van der Waals surface area contributed by atoms with Gasteiger partial charge in [0.15, 0.2) is 0 Å². The molecular weight excluding hydrogens is 272 g/mol. The molecule has 1 aromatic carbocycles. The summed E-state index contributed by atoms with van der Waals surface area (Å²) >= 11 is 0. The maximum absolute atomic E-state index is 11.1. The maximum Gasteiger partial charge on any atom is 0.275 e. The van der Waals surface area contributed by atoms with Crippen molar-refractivity contribution in [2.24, 2.45) is 0 Å². The monoisotopic (exact) mass is 294 g/mol. The molecule has 1 aliphatic heterocycles. The number of hydrogen-bond acceptors (Lipinski definition) is 5. The number of rotatable bonds is 4. The van der Waals surface area contributed by atoms with Crippen LogP contribution in [0.25, 0.3) is 0 Å². The second-order valence-electron chi connectivity index (χ2n) is 5.71. The predicted octanol–water partition coefficient (Wildman–Crippen LogP) is 2.73. The molecule has 116 valence electrons. The van der Waals surface area contributed by atoms with Gasteiger partial charge in [-0.2, -0.15) is 0 Å². The van der Waals surface area contributed by atoms with Gasteiger partial charge in [-0.05, 0) is 33.1 Å². The zero-order chi connectivity index (χ0) is 15.5. The minimum Gasteiger partial charge on any atom is -0.494 e. The van der Waals surface area contributed by atoms with Gasteiger partial charge in [0, 0.05) is 30.9 Å². The van der Waals surface area contributed by atoms with E-state index in [-0.39, 0.29) is 5.69 Å². The molecule has 0 amide bonds. The summed E-state index contributed by atoms with van der Waals surface area (Å²) in [6.07, 6.45) is 2.26. The SMILES string of the molecule is CCOc1cc(N2CCCC(C)(O)CC2)cc([N+](=O)[O-])c1. The zero-order valence-corrected chi connectivity index (χ0v) is 12.5. The number of hydrogen-bond donors (Lipinski definition) is 1. The van der Waals surface area contributed by atoms with Crippen LogP contribution in [0.1, 0.15) is 33.1 Å². The van der Waals surface area contributed by atoms with Gasteiger partial charge >= 0.3 is 0 Å². The molecule has 1 aliphatic rings. The Kier molecular flexibility index (Phi) is 4.67. The van der Waals surface area contributed by atoms with Crippen molar-refractivity contribution >= 4 is 11.4 Å². The summed E-state index contributed by atoms with van der Waals surface area (Å²) in [6, 6.07) is 4.85. The second kappa shape index (κ2) is 6.30. The molecule has 1 atom stereocenters. The predicted molar refractivity (Wildman–Crippen MR) is 81.0 cm³/mol. The molecule has 1 N–H and O–H groups in total. The van der Waals surface area contributed by atoms with Gasteiger partial charge in [0.1, 0.15) is 5.75 Å². The van der Waals surface area contributed by atoms with Gasteiger partial charge in [0.25, 0.3) is 5.69 Å². The summed E-state index contributed by atoms with van der Waals surface area (Å²) in [5.74, 6) is 0.512. The van der Waals surface area contributed by atoms with E-state index >= 15 is 0 Å². The lowest BCUT2D eigenvalue weighted by atomic mass is 9.98. The van der Waals surface area contributed by atoms with Crippen molar-refractivity contribution in [3.8, 4) is 5.75 Å². The number of benzene rings is 1. The summed E-state index contributed by atoms with van der Waals surface area (Å²) in [5, 5.41) is 21.2. The molecular formula is C15H22N2O4. The topological polar surface area (TPSA) is 75.8 Å². The number of aliphatic hydroxyl groups is 1. The largest absolute Gasteiger partial charge is 0.494 e. The highest BCUT2D eigenvalue weighted by Gasteiger charge is 2.26. The number of nitrogens with zero attached hydrogens (tertiary/aromatic N) is 2. The number of non-ortho nitro benzene ring substituents is 1. The van der Waals surface area contributed by atoms with Crippen molar-refractivity contribution in [2.45, 2.75) is 38.7 Å². The van der Waals surface area contributed by atoms with Gasteiger partial charge in [0.05, 0.1) is 23.2 Å². The fourth-order valence-electron chi connectivity index (χ4n) is 2.63. The summed E-state index contributed by atoms with van der Waals surface area (Å²) in [4.78, 5) is 12.7. The summed E-state index contributed by atoms with van der Waals surface area (Å²) < 4.78 is 5.42. The normalized spacial score (nSPS) is 22.7. The second-order valence-corrected chi connectivity index (χ2v) is 5.71. The third-order valence-corrected chi connectivity index (χ3v) is 3.83. The average molecular weight is 294 g/mol. The summed E-state index contributed by atoms with van der Waals surface area (Å²) in [7, 11) is 0. The van der Waals surface area contributed by atoms with Crippen molar-refractivity contribution in [2.75, 3.05) is 24.6 Å². The van der Waals surface area contributed by atoms with Crippen LogP contribution in [0, 0.1) is 10.1 Å². The molecule has 1 heterocycles. The van der Waals surface area contributed by atoms with Crippen LogP contribution in [-0.4, -0.2) is 35.3 Å². The van der Waals surface area contributed by atoms with Gasteiger partial charge in [-0.25, -0.2) is 0 Å². The lowest BCUT2D eigenvalue weighted by Gasteiger charge is -2.24. The zero-order valence-electron chi connectivity index (χ0n) is 12.5. The average Bonchev–Trinajstić information content (AvgIpc) is 2.59. The molecule has 1 aromatic rings. The van der Waals surface area contributed by atoms with Crippen LogP contribution in [0.4, 0.5) is 11.4 Å². The molecule has 21 heavy (non-hydrogen) atoms. The van der Waals surface area contributed by atoms with Crippen LogP contribution in [0.5, 0.6) is 5.75 Å². The first-order valence-corrected chi connectivity index (χ1v) is 7.31. The summed E-state index contributed by atoms with van der Waals surface area (Å²) in [6.45, 7) is 5.62. The van der Waals surface area contributed by atoms with E-state index in [0.29, 0.717) is 25.3 Å². The molecule has 0 aromatic heterocycles. The fraction of sp³-hybridized carbons (Fsp3) is 0.600. The van der Waals surface area contributed by atoms with E-state index < -0.39 is 10.5 Å². The molecule has 6 heteroatoms. The van der Waals surface area contributed by atoms with Crippen molar-refractivity contribution in [1.29, 1.82) is 0 Å². The highest BCUT2D eigenvalue weighted by molar-refractivity contribution is 5.58. The van der Waals surface area contributed by atoms with E-state index in [2.05, 4.69) is 4.90 Å². The fourth-order valence-corrected chi connectivity index (χ4v) is 2.63. The Balaban J connectivity index is 2.27. The highest BCUT2D eigenvalue weighted by Crippen LogP contribution is 2.31. The number of anilines is 1. The molecule has 6 nitrogen and oxygen atoms in total. The lowest BCUT2D eigenvalue weighted by Crippen LogP contribution is -2.28.